The minimum atomic E-state index is -0.637. The van der Waals surface area contributed by atoms with Gasteiger partial charge in [-0.05, 0) is 50.1 Å². The fourth-order valence-electron chi connectivity index (χ4n) is 4.43. The number of benzene rings is 2. The van der Waals surface area contributed by atoms with Crippen LogP contribution in [0, 0.1) is 5.82 Å². The number of hydrogen-bond donors (Lipinski definition) is 3. The number of carbonyl (C=O) groups excluding carboxylic acids is 3. The van der Waals surface area contributed by atoms with E-state index in [2.05, 4.69) is 16.0 Å². The molecule has 0 radical (unpaired) electrons. The first-order valence-corrected chi connectivity index (χ1v) is 11.6. The van der Waals surface area contributed by atoms with Gasteiger partial charge in [0, 0.05) is 19.3 Å². The van der Waals surface area contributed by atoms with E-state index < -0.39 is 11.8 Å². The molecule has 0 saturated carbocycles. The van der Waals surface area contributed by atoms with Crippen molar-refractivity contribution >= 4 is 29.2 Å². The Labute approximate surface area is 203 Å². The van der Waals surface area contributed by atoms with Gasteiger partial charge in [0.1, 0.15) is 24.3 Å². The summed E-state index contributed by atoms with van der Waals surface area (Å²) in [7, 11) is 1.72. The van der Waals surface area contributed by atoms with Crippen LogP contribution in [-0.2, 0) is 9.53 Å². The van der Waals surface area contributed by atoms with E-state index in [1.807, 2.05) is 6.92 Å². The van der Waals surface area contributed by atoms with Crippen molar-refractivity contribution in [3.05, 3.63) is 53.8 Å². The first-order chi connectivity index (χ1) is 16.9. The highest BCUT2D eigenvalue weighted by Gasteiger charge is 2.39. The fourth-order valence-corrected chi connectivity index (χ4v) is 4.43. The molecule has 2 aliphatic rings. The van der Waals surface area contributed by atoms with E-state index in [0.717, 1.165) is 0 Å². The zero-order valence-corrected chi connectivity index (χ0v) is 19.7. The van der Waals surface area contributed by atoms with Gasteiger partial charge in [0.05, 0.1) is 29.8 Å². The Morgan fingerprint density at radius 1 is 1.14 bits per heavy atom. The zero-order valence-electron chi connectivity index (χ0n) is 19.7. The Balaban J connectivity index is 1.46. The molecular weight excluding hydrogens is 455 g/mol. The van der Waals surface area contributed by atoms with Gasteiger partial charge in [-0.15, -0.1) is 0 Å². The van der Waals surface area contributed by atoms with Crippen molar-refractivity contribution in [2.75, 3.05) is 30.8 Å². The summed E-state index contributed by atoms with van der Waals surface area (Å²) in [6.07, 6.45) is 1.01. The lowest BCUT2D eigenvalue weighted by molar-refractivity contribution is -0.133. The number of halogens is 1. The first-order valence-electron chi connectivity index (χ1n) is 11.6. The number of likely N-dealkylation sites (N-methyl/N-ethyl adjacent to an activating group) is 1. The third-order valence-corrected chi connectivity index (χ3v) is 6.18. The Morgan fingerprint density at radius 2 is 1.94 bits per heavy atom. The van der Waals surface area contributed by atoms with Crippen molar-refractivity contribution < 1.29 is 28.2 Å². The van der Waals surface area contributed by atoms with Crippen molar-refractivity contribution in [1.82, 2.24) is 10.2 Å². The van der Waals surface area contributed by atoms with Crippen LogP contribution in [0.4, 0.5) is 20.6 Å². The van der Waals surface area contributed by atoms with Gasteiger partial charge in [0.2, 0.25) is 5.91 Å². The fraction of sp³-hybridized carbons (Fsp3) is 0.400. The van der Waals surface area contributed by atoms with Crippen LogP contribution in [0.15, 0.2) is 42.5 Å². The maximum atomic E-state index is 13.8. The lowest BCUT2D eigenvalue weighted by atomic mass is 9.94. The summed E-state index contributed by atoms with van der Waals surface area (Å²) in [5.41, 5.74) is 0.713. The number of para-hydroxylation sites is 1. The monoisotopic (exact) mass is 484 g/mol. The molecule has 0 unspecified atom stereocenters. The van der Waals surface area contributed by atoms with Crippen LogP contribution < -0.4 is 20.7 Å². The number of amides is 4. The van der Waals surface area contributed by atoms with Crippen LogP contribution in [0.1, 0.15) is 36.5 Å². The molecule has 10 heteroatoms. The Bertz CT molecular complexity index is 1110. The van der Waals surface area contributed by atoms with Crippen LogP contribution in [0.2, 0.25) is 0 Å². The number of carbonyl (C=O) groups is 3. The smallest absolute Gasteiger partial charge is 0.323 e. The van der Waals surface area contributed by atoms with Crippen LogP contribution in [-0.4, -0.2) is 61.2 Å². The normalized spacial score (nSPS) is 21.5. The maximum absolute atomic E-state index is 13.8. The second-order valence-corrected chi connectivity index (χ2v) is 8.60. The topological polar surface area (TPSA) is 109 Å². The van der Waals surface area contributed by atoms with E-state index in [-0.39, 0.29) is 48.8 Å². The average molecular weight is 485 g/mol. The lowest BCUT2D eigenvalue weighted by Gasteiger charge is -2.42. The van der Waals surface area contributed by atoms with E-state index in [1.54, 1.807) is 30.1 Å². The van der Waals surface area contributed by atoms with E-state index in [4.69, 9.17) is 9.47 Å². The molecular formula is C25H29FN4O5. The van der Waals surface area contributed by atoms with Gasteiger partial charge in [0.15, 0.2) is 0 Å². The van der Waals surface area contributed by atoms with E-state index in [9.17, 15) is 18.8 Å². The maximum Gasteiger partial charge on any atom is 0.323 e. The number of anilines is 2. The minimum Gasteiger partial charge on any atom is -0.490 e. The highest BCUT2D eigenvalue weighted by Crippen LogP contribution is 2.32. The second kappa shape index (κ2) is 10.7. The third-order valence-electron chi connectivity index (χ3n) is 6.18. The summed E-state index contributed by atoms with van der Waals surface area (Å²) in [6, 6.07) is 9.74. The molecule has 0 aromatic heterocycles. The molecule has 35 heavy (non-hydrogen) atoms. The van der Waals surface area contributed by atoms with Crippen LogP contribution >= 0.6 is 0 Å². The molecule has 186 valence electrons. The van der Waals surface area contributed by atoms with Crippen molar-refractivity contribution in [3.63, 3.8) is 0 Å². The Hall–Kier alpha value is -3.66. The van der Waals surface area contributed by atoms with Gasteiger partial charge >= 0.3 is 6.03 Å². The molecule has 0 aliphatic carbocycles. The van der Waals surface area contributed by atoms with E-state index in [0.29, 0.717) is 36.4 Å². The molecule has 4 rings (SSSR count). The standard InChI is InChI=1S/C25H29FN4O5/c1-3-27-23(31)13-16-9-10-20-22(35-16)14-34-21-11-8-15(12-17(21)24(32)30(20)2)28-25(33)29-19-7-5-4-6-18(19)26/h4-8,11-12,16,20,22H,3,9-10,13-14H2,1-2H3,(H,27,31)(H2,28,29,33)/t16-,20-,22-/m0/s1. The second-order valence-electron chi connectivity index (χ2n) is 8.60. The van der Waals surface area contributed by atoms with Crippen molar-refractivity contribution in [2.45, 2.75) is 44.4 Å². The SMILES string of the molecule is CCNC(=O)C[C@@H]1CC[C@H]2[C@H](COc3ccc(NC(=O)Nc4ccccc4F)cc3C(=O)N2C)O1. The highest BCUT2D eigenvalue weighted by molar-refractivity contribution is 6.02. The number of ether oxygens (including phenoxy) is 2. The first kappa shape index (κ1) is 24.5. The van der Waals surface area contributed by atoms with E-state index in [1.165, 1.54) is 24.3 Å². The summed E-state index contributed by atoms with van der Waals surface area (Å²) in [6.45, 7) is 2.66. The number of urea groups is 1. The van der Waals surface area contributed by atoms with Crippen LogP contribution in [0.5, 0.6) is 5.75 Å². The van der Waals surface area contributed by atoms with Gasteiger partial charge in [-0.25, -0.2) is 9.18 Å². The van der Waals surface area contributed by atoms with Gasteiger partial charge in [-0.1, -0.05) is 12.1 Å². The van der Waals surface area contributed by atoms with Gasteiger partial charge in [-0.2, -0.15) is 0 Å². The molecule has 1 fully saturated rings. The van der Waals surface area contributed by atoms with E-state index >= 15 is 0 Å². The van der Waals surface area contributed by atoms with Crippen LogP contribution in [0.3, 0.4) is 0 Å². The summed E-state index contributed by atoms with van der Waals surface area (Å²) >= 11 is 0. The number of hydrogen-bond acceptors (Lipinski definition) is 5. The van der Waals surface area contributed by atoms with Gasteiger partial charge < -0.3 is 30.3 Å². The predicted octanol–water partition coefficient (Wildman–Crippen LogP) is 3.38. The number of fused-ring (bicyclic) bond motifs is 2. The Morgan fingerprint density at radius 3 is 2.71 bits per heavy atom. The molecule has 0 bridgehead atoms. The third kappa shape index (κ3) is 5.71. The lowest BCUT2D eigenvalue weighted by Crippen LogP contribution is -2.54. The summed E-state index contributed by atoms with van der Waals surface area (Å²) in [5, 5.41) is 7.85. The zero-order chi connectivity index (χ0) is 24.9. The summed E-state index contributed by atoms with van der Waals surface area (Å²) in [4.78, 5) is 39.3. The molecule has 4 amide bonds. The van der Waals surface area contributed by atoms with Gasteiger partial charge in [-0.3, -0.25) is 9.59 Å². The number of rotatable bonds is 5. The largest absolute Gasteiger partial charge is 0.490 e. The molecule has 2 heterocycles. The predicted molar refractivity (Wildman–Crippen MR) is 128 cm³/mol. The quantitative estimate of drug-likeness (QED) is 0.603. The van der Waals surface area contributed by atoms with Crippen LogP contribution in [0.25, 0.3) is 0 Å². The minimum absolute atomic E-state index is 0.0456. The van der Waals surface area contributed by atoms with Crippen molar-refractivity contribution in [1.29, 1.82) is 0 Å². The summed E-state index contributed by atoms with van der Waals surface area (Å²) in [5.74, 6) is -0.506. The van der Waals surface area contributed by atoms with Gasteiger partial charge in [0.25, 0.3) is 5.91 Å². The van der Waals surface area contributed by atoms with Crippen molar-refractivity contribution in [3.8, 4) is 5.75 Å². The molecule has 2 aromatic carbocycles. The number of nitrogens with zero attached hydrogens (tertiary/aromatic N) is 1. The molecule has 9 nitrogen and oxygen atoms in total. The molecule has 0 spiro atoms. The number of nitrogens with one attached hydrogen (secondary N) is 3. The summed E-state index contributed by atoms with van der Waals surface area (Å²) < 4.78 is 25.9. The molecule has 3 N–H and O–H groups in total. The highest BCUT2D eigenvalue weighted by atomic mass is 19.1. The Kier molecular flexibility index (Phi) is 7.50. The molecule has 2 aromatic rings. The molecule has 3 atom stereocenters. The van der Waals surface area contributed by atoms with Crippen molar-refractivity contribution in [2.24, 2.45) is 0 Å². The average Bonchev–Trinajstić information content (AvgIpc) is 2.83. The molecule has 2 aliphatic heterocycles. The molecule has 1 saturated heterocycles.